The van der Waals surface area contributed by atoms with Crippen molar-refractivity contribution in [2.75, 3.05) is 13.2 Å². The third-order valence-electron chi connectivity index (χ3n) is 6.01. The van der Waals surface area contributed by atoms with E-state index in [0.717, 1.165) is 38.5 Å². The molecule has 0 amide bonds. The van der Waals surface area contributed by atoms with E-state index < -0.39 is 0 Å². The molecule has 0 saturated heterocycles. The van der Waals surface area contributed by atoms with Crippen molar-refractivity contribution >= 4 is 0 Å². The molecule has 0 aromatic rings. The van der Waals surface area contributed by atoms with Crippen LogP contribution < -0.4 is 0 Å². The maximum Gasteiger partial charge on any atom is 0.0579 e. The average Bonchev–Trinajstić information content (AvgIpc) is 2.72. The van der Waals surface area contributed by atoms with Crippen LogP contribution >= 0.6 is 0 Å². The summed E-state index contributed by atoms with van der Waals surface area (Å²) in [5.74, 6) is 0. The second kappa shape index (κ2) is 24.2. The highest BCUT2D eigenvalue weighted by atomic mass is 16.5. The molecule has 0 aliphatic rings. The van der Waals surface area contributed by atoms with E-state index in [2.05, 4.69) is 13.8 Å². The van der Waals surface area contributed by atoms with Gasteiger partial charge in [-0.15, -0.1) is 0 Å². The van der Waals surface area contributed by atoms with Gasteiger partial charge >= 0.3 is 0 Å². The van der Waals surface area contributed by atoms with Gasteiger partial charge in [0.25, 0.3) is 0 Å². The van der Waals surface area contributed by atoms with Gasteiger partial charge in [-0.1, -0.05) is 90.9 Å². The van der Waals surface area contributed by atoms with E-state index in [1.165, 1.54) is 89.9 Å². The van der Waals surface area contributed by atoms with E-state index in [1.54, 1.807) is 0 Å². The minimum Gasteiger partial charge on any atom is -0.396 e. The highest BCUT2D eigenvalue weighted by Crippen LogP contribution is 2.22. The van der Waals surface area contributed by atoms with E-state index in [-0.39, 0.29) is 0 Å². The quantitative estimate of drug-likeness (QED) is 0.160. The lowest BCUT2D eigenvalue weighted by Gasteiger charge is -2.25. The van der Waals surface area contributed by atoms with Gasteiger partial charge < -0.3 is 14.9 Å². The molecule has 0 bridgehead atoms. The largest absolute Gasteiger partial charge is 0.396 e. The molecule has 0 aliphatic carbocycles. The fraction of sp³-hybridized carbons (Fsp3) is 1.00. The van der Waals surface area contributed by atoms with Gasteiger partial charge in [-0.05, 0) is 51.4 Å². The molecule has 29 heavy (non-hydrogen) atoms. The Labute approximate surface area is 183 Å². The van der Waals surface area contributed by atoms with E-state index in [4.69, 9.17) is 14.9 Å². The Bertz CT molecular complexity index is 268. The van der Waals surface area contributed by atoms with Crippen LogP contribution in [0.1, 0.15) is 142 Å². The van der Waals surface area contributed by atoms with Crippen molar-refractivity contribution in [2.45, 2.75) is 154 Å². The predicted molar refractivity (Wildman–Crippen MR) is 127 cm³/mol. The van der Waals surface area contributed by atoms with Gasteiger partial charge in [0.2, 0.25) is 0 Å². The van der Waals surface area contributed by atoms with E-state index >= 15 is 0 Å². The average molecular weight is 415 g/mol. The smallest absolute Gasteiger partial charge is 0.0579 e. The van der Waals surface area contributed by atoms with Crippen molar-refractivity contribution in [3.8, 4) is 0 Å². The summed E-state index contributed by atoms with van der Waals surface area (Å²) in [4.78, 5) is 0. The van der Waals surface area contributed by atoms with Crippen molar-refractivity contribution in [1.82, 2.24) is 0 Å². The van der Waals surface area contributed by atoms with Gasteiger partial charge in [0.1, 0.15) is 0 Å². The summed E-state index contributed by atoms with van der Waals surface area (Å²) >= 11 is 0. The molecule has 2 N–H and O–H groups in total. The summed E-state index contributed by atoms with van der Waals surface area (Å²) < 4.78 is 6.64. The molecule has 3 heteroatoms. The lowest BCUT2D eigenvalue weighted by atomic mass is 10.0. The van der Waals surface area contributed by atoms with E-state index in [1.807, 2.05) is 0 Å². The molecule has 0 aliphatic heterocycles. The highest BCUT2D eigenvalue weighted by Gasteiger charge is 2.16. The minimum absolute atomic E-state index is 0.293. The molecule has 0 aromatic carbocycles. The van der Waals surface area contributed by atoms with Gasteiger partial charge in [-0.3, -0.25) is 0 Å². The van der Waals surface area contributed by atoms with Gasteiger partial charge in [0, 0.05) is 13.2 Å². The molecule has 0 fully saturated rings. The summed E-state index contributed by atoms with van der Waals surface area (Å²) in [7, 11) is 0. The minimum atomic E-state index is 0.293. The van der Waals surface area contributed by atoms with Crippen molar-refractivity contribution < 1.29 is 14.9 Å². The first-order valence-electron chi connectivity index (χ1n) is 13.2. The van der Waals surface area contributed by atoms with Crippen LogP contribution in [-0.4, -0.2) is 35.6 Å². The Morgan fingerprint density at radius 3 is 1.10 bits per heavy atom. The fourth-order valence-corrected chi connectivity index (χ4v) is 4.11. The van der Waals surface area contributed by atoms with Crippen LogP contribution in [0.5, 0.6) is 0 Å². The predicted octanol–water partition coefficient (Wildman–Crippen LogP) is 7.57. The summed E-state index contributed by atoms with van der Waals surface area (Å²) in [5.41, 5.74) is 0. The highest BCUT2D eigenvalue weighted by molar-refractivity contribution is 4.66. The Morgan fingerprint density at radius 1 is 0.448 bits per heavy atom. The fourth-order valence-electron chi connectivity index (χ4n) is 4.11. The Kier molecular flexibility index (Phi) is 24.1. The van der Waals surface area contributed by atoms with Crippen LogP contribution in [0.4, 0.5) is 0 Å². The SMILES string of the molecule is CCCCCCCCC(CCCCO)OC(CCCCO)CCCCCCCC. The number of hydrogen-bond acceptors (Lipinski definition) is 3. The first kappa shape index (κ1) is 28.9. The normalized spacial score (nSPS) is 13.7. The van der Waals surface area contributed by atoms with Crippen molar-refractivity contribution in [3.63, 3.8) is 0 Å². The second-order valence-corrected chi connectivity index (χ2v) is 8.93. The Morgan fingerprint density at radius 2 is 0.759 bits per heavy atom. The first-order chi connectivity index (χ1) is 14.3. The molecular formula is C26H54O3. The molecule has 0 aromatic heterocycles. The summed E-state index contributed by atoms with van der Waals surface area (Å²) in [6.45, 7) is 5.13. The lowest BCUT2D eigenvalue weighted by Crippen LogP contribution is -2.23. The summed E-state index contributed by atoms with van der Waals surface area (Å²) in [6.07, 6.45) is 25.1. The molecule has 0 heterocycles. The van der Waals surface area contributed by atoms with Gasteiger partial charge in [0.15, 0.2) is 0 Å². The standard InChI is InChI=1S/C26H54O3/c1-3-5-7-9-11-13-19-25(21-15-17-23-27)29-26(22-16-18-24-28)20-14-12-10-8-6-4-2/h25-28H,3-24H2,1-2H3. The Balaban J connectivity index is 4.36. The molecule has 3 nitrogen and oxygen atoms in total. The third kappa shape index (κ3) is 20.9. The number of ether oxygens (including phenoxy) is 1. The van der Waals surface area contributed by atoms with Crippen molar-refractivity contribution in [3.05, 3.63) is 0 Å². The van der Waals surface area contributed by atoms with Gasteiger partial charge in [-0.2, -0.15) is 0 Å². The number of hydrogen-bond donors (Lipinski definition) is 2. The maximum atomic E-state index is 9.14. The number of aliphatic hydroxyl groups is 2. The van der Waals surface area contributed by atoms with Crippen LogP contribution in [0.2, 0.25) is 0 Å². The van der Waals surface area contributed by atoms with Crippen LogP contribution in [0, 0.1) is 0 Å². The molecule has 2 atom stereocenters. The van der Waals surface area contributed by atoms with Crippen LogP contribution in [0.3, 0.4) is 0 Å². The lowest BCUT2D eigenvalue weighted by molar-refractivity contribution is -0.0330. The molecule has 0 radical (unpaired) electrons. The Hall–Kier alpha value is -0.120. The van der Waals surface area contributed by atoms with Crippen molar-refractivity contribution in [1.29, 1.82) is 0 Å². The van der Waals surface area contributed by atoms with E-state index in [0.29, 0.717) is 25.4 Å². The number of rotatable bonds is 24. The summed E-state index contributed by atoms with van der Waals surface area (Å²) in [6, 6.07) is 0. The zero-order valence-corrected chi connectivity index (χ0v) is 20.0. The molecule has 0 rings (SSSR count). The summed E-state index contributed by atoms with van der Waals surface area (Å²) in [5, 5.41) is 18.3. The van der Waals surface area contributed by atoms with Crippen LogP contribution in [0.25, 0.3) is 0 Å². The van der Waals surface area contributed by atoms with Crippen LogP contribution in [0.15, 0.2) is 0 Å². The molecular weight excluding hydrogens is 360 g/mol. The van der Waals surface area contributed by atoms with Crippen LogP contribution in [-0.2, 0) is 4.74 Å². The van der Waals surface area contributed by atoms with Gasteiger partial charge in [0.05, 0.1) is 12.2 Å². The molecule has 0 spiro atoms. The maximum absolute atomic E-state index is 9.14. The van der Waals surface area contributed by atoms with E-state index in [9.17, 15) is 0 Å². The number of aliphatic hydroxyl groups excluding tert-OH is 2. The first-order valence-corrected chi connectivity index (χ1v) is 13.2. The third-order valence-corrected chi connectivity index (χ3v) is 6.01. The molecule has 2 unspecified atom stereocenters. The van der Waals surface area contributed by atoms with Gasteiger partial charge in [-0.25, -0.2) is 0 Å². The monoisotopic (exact) mass is 414 g/mol. The number of unbranched alkanes of at least 4 members (excludes halogenated alkanes) is 12. The van der Waals surface area contributed by atoms with Crippen molar-refractivity contribution in [2.24, 2.45) is 0 Å². The second-order valence-electron chi connectivity index (χ2n) is 8.93. The topological polar surface area (TPSA) is 49.7 Å². The molecule has 176 valence electrons. The zero-order valence-electron chi connectivity index (χ0n) is 20.0. The molecule has 0 saturated carbocycles. The zero-order chi connectivity index (χ0) is 21.4.